The lowest BCUT2D eigenvalue weighted by Crippen LogP contribution is -2.37. The second kappa shape index (κ2) is 7.49. The Morgan fingerprint density at radius 1 is 1.21 bits per heavy atom. The van der Waals surface area contributed by atoms with Crippen LogP contribution in [0.15, 0.2) is 18.2 Å². The highest BCUT2D eigenvalue weighted by atomic mass is 35.5. The van der Waals surface area contributed by atoms with Crippen molar-refractivity contribution in [2.45, 2.75) is 39.3 Å². The molecule has 0 bridgehead atoms. The highest BCUT2D eigenvalue weighted by Gasteiger charge is 2.23. The largest absolute Gasteiger partial charge is 0.329 e. The van der Waals surface area contributed by atoms with Crippen LogP contribution in [0.4, 0.5) is 0 Å². The van der Waals surface area contributed by atoms with Crippen molar-refractivity contribution in [2.75, 3.05) is 13.6 Å². The van der Waals surface area contributed by atoms with Gasteiger partial charge in [-0.15, -0.1) is 0 Å². The van der Waals surface area contributed by atoms with Gasteiger partial charge in [-0.25, -0.2) is 0 Å². The predicted molar refractivity (Wildman–Crippen MR) is 84.9 cm³/mol. The van der Waals surface area contributed by atoms with Crippen LogP contribution < -0.4 is 5.73 Å². The van der Waals surface area contributed by atoms with Gasteiger partial charge in [0.05, 0.1) is 10.0 Å². The van der Waals surface area contributed by atoms with Crippen molar-refractivity contribution in [1.29, 1.82) is 0 Å². The number of nitrogens with zero attached hydrogens (tertiary/aromatic N) is 1. The summed E-state index contributed by atoms with van der Waals surface area (Å²) < 4.78 is 0. The summed E-state index contributed by atoms with van der Waals surface area (Å²) in [5, 5.41) is 1.20. The van der Waals surface area contributed by atoms with E-state index in [2.05, 4.69) is 32.7 Å². The zero-order valence-corrected chi connectivity index (χ0v) is 13.7. The first-order chi connectivity index (χ1) is 8.88. The van der Waals surface area contributed by atoms with Crippen LogP contribution in [0.25, 0.3) is 0 Å². The Balaban J connectivity index is 2.96. The number of likely N-dealkylation sites (N-methyl/N-ethyl adjacent to an activating group) is 1. The third kappa shape index (κ3) is 4.35. The van der Waals surface area contributed by atoms with Crippen molar-refractivity contribution in [1.82, 2.24) is 4.90 Å². The van der Waals surface area contributed by atoms with E-state index >= 15 is 0 Å². The van der Waals surface area contributed by atoms with Gasteiger partial charge in [-0.2, -0.15) is 0 Å². The van der Waals surface area contributed by atoms with E-state index in [9.17, 15) is 0 Å². The first kappa shape index (κ1) is 16.8. The third-order valence-corrected chi connectivity index (χ3v) is 4.40. The van der Waals surface area contributed by atoms with Gasteiger partial charge in [-0.05, 0) is 37.9 Å². The Hall–Kier alpha value is -0.280. The fourth-order valence-corrected chi connectivity index (χ4v) is 2.88. The van der Waals surface area contributed by atoms with Gasteiger partial charge >= 0.3 is 0 Å². The van der Waals surface area contributed by atoms with Crippen LogP contribution in [-0.2, 0) is 0 Å². The topological polar surface area (TPSA) is 29.3 Å². The third-order valence-electron chi connectivity index (χ3n) is 3.56. The SMILES string of the molecule is CC(C)CC(C)N(C)C(CN)c1cccc(Cl)c1Cl. The number of hydrogen-bond donors (Lipinski definition) is 1. The molecule has 0 amide bonds. The van der Waals surface area contributed by atoms with Crippen LogP contribution in [-0.4, -0.2) is 24.5 Å². The van der Waals surface area contributed by atoms with E-state index in [1.807, 2.05) is 12.1 Å². The fourth-order valence-electron chi connectivity index (χ4n) is 2.45. The van der Waals surface area contributed by atoms with Crippen LogP contribution in [0.5, 0.6) is 0 Å². The van der Waals surface area contributed by atoms with E-state index in [1.54, 1.807) is 6.07 Å². The Labute approximate surface area is 126 Å². The van der Waals surface area contributed by atoms with E-state index in [1.165, 1.54) is 0 Å². The highest BCUT2D eigenvalue weighted by Crippen LogP contribution is 2.33. The maximum atomic E-state index is 6.31. The summed E-state index contributed by atoms with van der Waals surface area (Å²) in [6, 6.07) is 6.28. The molecule has 0 heterocycles. The lowest BCUT2D eigenvalue weighted by Gasteiger charge is -2.34. The Morgan fingerprint density at radius 3 is 2.37 bits per heavy atom. The van der Waals surface area contributed by atoms with Crippen molar-refractivity contribution in [3.05, 3.63) is 33.8 Å². The summed E-state index contributed by atoms with van der Waals surface area (Å²) in [6.07, 6.45) is 1.13. The molecule has 0 aliphatic heterocycles. The molecule has 0 aliphatic rings. The smallest absolute Gasteiger partial charge is 0.0640 e. The average Bonchev–Trinajstić information content (AvgIpc) is 2.34. The molecular formula is C15H24Cl2N2. The monoisotopic (exact) mass is 302 g/mol. The van der Waals surface area contributed by atoms with Crippen molar-refractivity contribution in [3.8, 4) is 0 Å². The molecule has 1 rings (SSSR count). The Kier molecular flexibility index (Phi) is 6.61. The van der Waals surface area contributed by atoms with Gasteiger partial charge in [0, 0.05) is 18.6 Å². The maximum absolute atomic E-state index is 6.31. The average molecular weight is 303 g/mol. The van der Waals surface area contributed by atoms with Crippen molar-refractivity contribution in [2.24, 2.45) is 11.7 Å². The van der Waals surface area contributed by atoms with Crippen molar-refractivity contribution in [3.63, 3.8) is 0 Å². The molecule has 0 radical (unpaired) electrons. The highest BCUT2D eigenvalue weighted by molar-refractivity contribution is 6.42. The van der Waals surface area contributed by atoms with Crippen molar-refractivity contribution < 1.29 is 0 Å². The minimum atomic E-state index is 0.0972. The lowest BCUT2D eigenvalue weighted by molar-refractivity contribution is 0.169. The van der Waals surface area contributed by atoms with E-state index in [4.69, 9.17) is 28.9 Å². The summed E-state index contributed by atoms with van der Waals surface area (Å²) in [7, 11) is 2.10. The summed E-state index contributed by atoms with van der Waals surface area (Å²) in [6.45, 7) is 7.21. The molecule has 0 saturated carbocycles. The van der Waals surface area contributed by atoms with E-state index in [0.717, 1.165) is 12.0 Å². The van der Waals surface area contributed by atoms with Gasteiger partial charge in [-0.3, -0.25) is 4.90 Å². The summed E-state index contributed by atoms with van der Waals surface area (Å²) >= 11 is 12.4. The molecule has 4 heteroatoms. The number of nitrogens with two attached hydrogens (primary N) is 1. The van der Waals surface area contributed by atoms with Crippen LogP contribution in [0.2, 0.25) is 10.0 Å². The molecule has 2 unspecified atom stereocenters. The lowest BCUT2D eigenvalue weighted by atomic mass is 9.99. The standard InChI is InChI=1S/C15H24Cl2N2/c1-10(2)8-11(3)19(4)14(9-18)12-6-5-7-13(16)15(12)17/h5-7,10-11,14H,8-9,18H2,1-4H3. The van der Waals surface area contributed by atoms with Gasteiger partial charge < -0.3 is 5.73 Å². The fraction of sp³-hybridized carbons (Fsp3) is 0.600. The number of benzene rings is 1. The molecule has 0 fully saturated rings. The Bertz CT molecular complexity index is 407. The molecule has 2 atom stereocenters. The zero-order valence-electron chi connectivity index (χ0n) is 12.2. The molecule has 2 N–H and O–H groups in total. The van der Waals surface area contributed by atoms with Gasteiger partial charge in [0.15, 0.2) is 0 Å². The van der Waals surface area contributed by atoms with Crippen LogP contribution in [0.1, 0.15) is 38.8 Å². The molecular weight excluding hydrogens is 279 g/mol. The molecule has 0 saturated heterocycles. The quantitative estimate of drug-likeness (QED) is 0.846. The molecule has 108 valence electrons. The first-order valence-corrected chi connectivity index (χ1v) is 7.50. The van der Waals surface area contributed by atoms with Crippen molar-refractivity contribution >= 4 is 23.2 Å². The number of rotatable bonds is 6. The van der Waals surface area contributed by atoms with E-state index < -0.39 is 0 Å². The van der Waals surface area contributed by atoms with Crippen LogP contribution >= 0.6 is 23.2 Å². The van der Waals surface area contributed by atoms with Gasteiger partial charge in [0.1, 0.15) is 0 Å². The second-order valence-corrected chi connectivity index (χ2v) is 6.32. The summed E-state index contributed by atoms with van der Waals surface area (Å²) in [5.41, 5.74) is 6.96. The zero-order chi connectivity index (χ0) is 14.6. The molecule has 1 aromatic carbocycles. The predicted octanol–water partition coefficient (Wildman–Crippen LogP) is 4.36. The number of halogens is 2. The van der Waals surface area contributed by atoms with E-state index in [-0.39, 0.29) is 6.04 Å². The molecule has 0 aliphatic carbocycles. The molecule has 1 aromatic rings. The Morgan fingerprint density at radius 2 is 1.84 bits per heavy atom. The molecule has 0 aromatic heterocycles. The van der Waals surface area contributed by atoms with Gasteiger partial charge in [-0.1, -0.05) is 49.2 Å². The van der Waals surface area contributed by atoms with E-state index in [0.29, 0.717) is 28.5 Å². The maximum Gasteiger partial charge on any atom is 0.0640 e. The minimum Gasteiger partial charge on any atom is -0.329 e. The molecule has 19 heavy (non-hydrogen) atoms. The van der Waals surface area contributed by atoms with Crippen LogP contribution in [0, 0.1) is 5.92 Å². The summed E-state index contributed by atoms with van der Waals surface area (Å²) in [5.74, 6) is 0.658. The molecule has 0 spiro atoms. The normalized spacial score (nSPS) is 15.0. The minimum absolute atomic E-state index is 0.0972. The van der Waals surface area contributed by atoms with Crippen LogP contribution in [0.3, 0.4) is 0 Å². The number of hydrogen-bond acceptors (Lipinski definition) is 2. The van der Waals surface area contributed by atoms with Gasteiger partial charge in [0.2, 0.25) is 0 Å². The molecule has 2 nitrogen and oxygen atoms in total. The second-order valence-electron chi connectivity index (χ2n) is 5.54. The first-order valence-electron chi connectivity index (χ1n) is 6.74. The summed E-state index contributed by atoms with van der Waals surface area (Å²) in [4.78, 5) is 2.29. The van der Waals surface area contributed by atoms with Gasteiger partial charge in [0.25, 0.3) is 0 Å².